The molecule has 0 spiro atoms. The lowest BCUT2D eigenvalue weighted by atomic mass is 10.1. The molecule has 0 heterocycles. The van der Waals surface area contributed by atoms with Crippen LogP contribution in [0.25, 0.3) is 0 Å². The summed E-state index contributed by atoms with van der Waals surface area (Å²) in [4.78, 5) is 12.8. The molecule has 0 aromatic heterocycles. The zero-order valence-electron chi connectivity index (χ0n) is 15.4. The highest BCUT2D eigenvalue weighted by Crippen LogP contribution is 2.30. The van der Waals surface area contributed by atoms with E-state index in [2.05, 4.69) is 5.32 Å². The van der Waals surface area contributed by atoms with Crippen molar-refractivity contribution in [3.8, 4) is 0 Å². The molecule has 0 saturated carbocycles. The van der Waals surface area contributed by atoms with Crippen molar-refractivity contribution < 1.29 is 13.2 Å². The molecule has 0 radical (unpaired) electrons. The minimum absolute atomic E-state index is 0.220. The predicted octanol–water partition coefficient (Wildman–Crippen LogP) is 4.16. The van der Waals surface area contributed by atoms with Crippen LogP contribution in [0.3, 0.4) is 0 Å². The molecule has 1 atom stereocenters. The predicted molar refractivity (Wildman–Crippen MR) is 111 cm³/mol. The van der Waals surface area contributed by atoms with Crippen LogP contribution in [0.5, 0.6) is 0 Å². The number of carbonyl (C=O) groups excluding carboxylic acids is 1. The first-order valence-electron chi connectivity index (χ1n) is 8.41. The molecule has 8 heteroatoms. The number of amides is 1. The summed E-state index contributed by atoms with van der Waals surface area (Å²) in [5.41, 5.74) is 2.35. The summed E-state index contributed by atoms with van der Waals surface area (Å²) in [6.45, 7) is 4.05. The van der Waals surface area contributed by atoms with Gasteiger partial charge < -0.3 is 5.32 Å². The van der Waals surface area contributed by atoms with E-state index in [4.69, 9.17) is 23.2 Å². The molecule has 5 nitrogen and oxygen atoms in total. The Morgan fingerprint density at radius 2 is 1.74 bits per heavy atom. The molecule has 2 rings (SSSR count). The van der Waals surface area contributed by atoms with Crippen LogP contribution in [-0.2, 0) is 21.4 Å². The lowest BCUT2D eigenvalue weighted by Gasteiger charge is -2.30. The molecular formula is C19H22Cl2N2O3S. The maximum Gasteiger partial charge on any atom is 0.244 e. The van der Waals surface area contributed by atoms with Crippen molar-refractivity contribution in [3.05, 3.63) is 63.6 Å². The highest BCUT2D eigenvalue weighted by atomic mass is 35.5. The highest BCUT2D eigenvalue weighted by molar-refractivity contribution is 7.92. The number of carbonyl (C=O) groups is 1. The zero-order valence-corrected chi connectivity index (χ0v) is 17.7. The smallest absolute Gasteiger partial charge is 0.244 e. The first-order chi connectivity index (χ1) is 12.6. The Balaban J connectivity index is 2.27. The summed E-state index contributed by atoms with van der Waals surface area (Å²) < 4.78 is 25.9. The monoisotopic (exact) mass is 428 g/mol. The van der Waals surface area contributed by atoms with Crippen LogP contribution in [-0.4, -0.2) is 26.6 Å². The zero-order chi connectivity index (χ0) is 20.2. The van der Waals surface area contributed by atoms with Gasteiger partial charge in [0.05, 0.1) is 22.0 Å². The van der Waals surface area contributed by atoms with Crippen LogP contribution in [0.2, 0.25) is 10.0 Å². The number of nitrogens with zero attached hydrogens (tertiary/aromatic N) is 1. The molecule has 1 amide bonds. The van der Waals surface area contributed by atoms with Crippen molar-refractivity contribution in [2.75, 3.05) is 10.6 Å². The largest absolute Gasteiger partial charge is 0.350 e. The Labute approximate surface area is 170 Å². The van der Waals surface area contributed by atoms with Crippen LogP contribution in [0.1, 0.15) is 24.5 Å². The Bertz CT molecular complexity index is 915. The number of nitrogens with one attached hydrogen (secondary N) is 1. The molecule has 0 aliphatic rings. The van der Waals surface area contributed by atoms with Gasteiger partial charge >= 0.3 is 0 Å². The van der Waals surface area contributed by atoms with Crippen molar-refractivity contribution in [2.45, 2.75) is 32.9 Å². The van der Waals surface area contributed by atoms with E-state index >= 15 is 0 Å². The van der Waals surface area contributed by atoms with Gasteiger partial charge in [0.15, 0.2) is 0 Å². The SMILES string of the molecule is CCC(C(=O)NCc1ccc(C)cc1)N(c1ccc(Cl)c(Cl)c1)S(C)(=O)=O. The number of hydrogen-bond acceptors (Lipinski definition) is 3. The van der Waals surface area contributed by atoms with E-state index in [1.165, 1.54) is 18.2 Å². The third-order valence-electron chi connectivity index (χ3n) is 4.07. The quantitative estimate of drug-likeness (QED) is 0.719. The summed E-state index contributed by atoms with van der Waals surface area (Å²) in [5, 5.41) is 3.34. The fourth-order valence-electron chi connectivity index (χ4n) is 2.70. The number of hydrogen-bond donors (Lipinski definition) is 1. The van der Waals surface area contributed by atoms with Crippen LogP contribution < -0.4 is 9.62 Å². The number of halogens is 2. The van der Waals surface area contributed by atoms with E-state index in [1.54, 1.807) is 6.92 Å². The molecule has 0 aliphatic heterocycles. The second-order valence-electron chi connectivity index (χ2n) is 6.28. The number of anilines is 1. The Kier molecular flexibility index (Phi) is 7.14. The Morgan fingerprint density at radius 1 is 1.11 bits per heavy atom. The van der Waals surface area contributed by atoms with E-state index in [9.17, 15) is 13.2 Å². The minimum atomic E-state index is -3.72. The van der Waals surface area contributed by atoms with Gasteiger partial charge in [0.2, 0.25) is 15.9 Å². The average Bonchev–Trinajstić information content (AvgIpc) is 2.60. The van der Waals surface area contributed by atoms with Crippen LogP contribution in [0, 0.1) is 6.92 Å². The number of sulfonamides is 1. The van der Waals surface area contributed by atoms with Gasteiger partial charge in [0, 0.05) is 6.54 Å². The third-order valence-corrected chi connectivity index (χ3v) is 5.99. The van der Waals surface area contributed by atoms with Crippen LogP contribution in [0.15, 0.2) is 42.5 Å². The molecule has 0 saturated heterocycles. The first-order valence-corrected chi connectivity index (χ1v) is 11.0. The standard InChI is InChI=1S/C19H22Cl2N2O3S/c1-4-18(19(24)22-12-14-7-5-13(2)6-8-14)23(27(3,25)26)15-9-10-16(20)17(21)11-15/h5-11,18H,4,12H2,1-3H3,(H,22,24). The first kappa shape index (κ1) is 21.5. The summed E-state index contributed by atoms with van der Waals surface area (Å²) in [6.07, 6.45) is 1.36. The second kappa shape index (κ2) is 8.95. The van der Waals surface area contributed by atoms with Gasteiger partial charge in [-0.2, -0.15) is 0 Å². The molecule has 1 unspecified atom stereocenters. The molecule has 27 heavy (non-hydrogen) atoms. The summed E-state index contributed by atoms with van der Waals surface area (Å²) >= 11 is 12.0. The second-order valence-corrected chi connectivity index (χ2v) is 8.96. The lowest BCUT2D eigenvalue weighted by molar-refractivity contribution is -0.122. The van der Waals surface area contributed by atoms with Crippen molar-refractivity contribution >= 4 is 44.8 Å². The lowest BCUT2D eigenvalue weighted by Crippen LogP contribution is -2.49. The topological polar surface area (TPSA) is 66.5 Å². The normalized spacial score (nSPS) is 12.5. The number of rotatable bonds is 7. The van der Waals surface area contributed by atoms with Gasteiger partial charge in [-0.3, -0.25) is 9.10 Å². The van der Waals surface area contributed by atoms with Gasteiger partial charge in [-0.25, -0.2) is 8.42 Å². The van der Waals surface area contributed by atoms with Crippen LogP contribution >= 0.6 is 23.2 Å². The molecule has 146 valence electrons. The minimum Gasteiger partial charge on any atom is -0.350 e. The van der Waals surface area contributed by atoms with Gasteiger partial charge in [-0.1, -0.05) is 60.0 Å². The van der Waals surface area contributed by atoms with Gasteiger partial charge in [0.25, 0.3) is 0 Å². The van der Waals surface area contributed by atoms with E-state index in [1.807, 2.05) is 31.2 Å². The summed E-state index contributed by atoms with van der Waals surface area (Å²) in [6, 6.07) is 11.3. The molecular weight excluding hydrogens is 407 g/mol. The van der Waals surface area contributed by atoms with E-state index in [-0.39, 0.29) is 10.9 Å². The summed E-state index contributed by atoms with van der Waals surface area (Å²) in [5.74, 6) is -0.380. The van der Waals surface area contributed by atoms with E-state index in [0.29, 0.717) is 23.7 Å². The highest BCUT2D eigenvalue weighted by Gasteiger charge is 2.31. The van der Waals surface area contributed by atoms with Gasteiger partial charge in [-0.05, 0) is 37.1 Å². The third kappa shape index (κ3) is 5.61. The molecule has 0 fully saturated rings. The number of aryl methyl sites for hydroxylation is 1. The molecule has 0 aliphatic carbocycles. The van der Waals surface area contributed by atoms with Gasteiger partial charge in [0.1, 0.15) is 6.04 Å². The van der Waals surface area contributed by atoms with Crippen LogP contribution in [0.4, 0.5) is 5.69 Å². The number of benzene rings is 2. The molecule has 1 N–H and O–H groups in total. The average molecular weight is 429 g/mol. The van der Waals surface area contributed by atoms with Crippen molar-refractivity contribution in [3.63, 3.8) is 0 Å². The Morgan fingerprint density at radius 3 is 2.26 bits per heavy atom. The molecule has 0 bridgehead atoms. The molecule has 2 aromatic rings. The maximum atomic E-state index is 12.8. The summed E-state index contributed by atoms with van der Waals surface area (Å²) in [7, 11) is -3.72. The van der Waals surface area contributed by atoms with Crippen molar-refractivity contribution in [2.24, 2.45) is 0 Å². The van der Waals surface area contributed by atoms with Gasteiger partial charge in [-0.15, -0.1) is 0 Å². The maximum absolute atomic E-state index is 12.8. The fraction of sp³-hybridized carbons (Fsp3) is 0.316. The van der Waals surface area contributed by atoms with Crippen molar-refractivity contribution in [1.29, 1.82) is 0 Å². The fourth-order valence-corrected chi connectivity index (χ4v) is 4.19. The van der Waals surface area contributed by atoms with E-state index in [0.717, 1.165) is 21.7 Å². The Hall–Kier alpha value is -1.76. The van der Waals surface area contributed by atoms with Crippen molar-refractivity contribution in [1.82, 2.24) is 5.32 Å². The van der Waals surface area contributed by atoms with E-state index < -0.39 is 16.1 Å². The molecule has 2 aromatic carbocycles.